The summed E-state index contributed by atoms with van der Waals surface area (Å²) in [7, 11) is 0. The molecule has 2 N–H and O–H groups in total. The summed E-state index contributed by atoms with van der Waals surface area (Å²) in [5, 5.41) is 0. The maximum absolute atomic E-state index is 10.3. The molecule has 0 atom stereocenters. The molecule has 1 rings (SSSR count). The van der Waals surface area contributed by atoms with Gasteiger partial charge in [0.15, 0.2) is 4.73 Å². The summed E-state index contributed by atoms with van der Waals surface area (Å²) < 4.78 is 0.135. The van der Waals surface area contributed by atoms with Crippen molar-refractivity contribution in [1.29, 1.82) is 0 Å². The number of hydrogen-bond donors (Lipinski definition) is 2. The van der Waals surface area contributed by atoms with E-state index < -0.39 is 11.4 Å². The number of nitrogens with one attached hydrogen (secondary N) is 2. The van der Waals surface area contributed by atoms with Crippen LogP contribution in [0.5, 0.6) is 0 Å². The second-order valence-electron chi connectivity index (χ2n) is 1.29. The molecule has 49 valence electrons. The maximum atomic E-state index is 10.3. The molecule has 1 heterocycles. The second-order valence-corrected chi connectivity index (χ2v) is 2.04. The molecule has 0 fully saturated rings. The molecule has 0 amide bonds. The third-order valence-corrected chi connectivity index (χ3v) is 1.01. The summed E-state index contributed by atoms with van der Waals surface area (Å²) in [6.07, 6.45) is 0. The van der Waals surface area contributed by atoms with Crippen LogP contribution in [0.3, 0.4) is 0 Å². The minimum absolute atomic E-state index is 0. The number of rotatable bonds is 0. The van der Waals surface area contributed by atoms with Crippen LogP contribution in [0.2, 0.25) is 0 Å². The Morgan fingerprint density at radius 1 is 1.30 bits per heavy atom. The average molecular weight is 215 g/mol. The zero-order valence-corrected chi connectivity index (χ0v) is 8.73. The number of aromatic nitrogens is 3. The van der Waals surface area contributed by atoms with Gasteiger partial charge in [-0.25, -0.2) is 9.59 Å². The van der Waals surface area contributed by atoms with Crippen LogP contribution < -0.4 is 11.4 Å². The van der Waals surface area contributed by atoms with E-state index in [1.165, 1.54) is 0 Å². The van der Waals surface area contributed by atoms with Crippen LogP contribution >= 0.6 is 15.9 Å². The van der Waals surface area contributed by atoms with Gasteiger partial charge >= 0.3 is 11.4 Å². The molecule has 0 spiro atoms. The molecule has 0 aliphatic carbocycles. The van der Waals surface area contributed by atoms with E-state index in [1.807, 2.05) is 4.98 Å². The van der Waals surface area contributed by atoms with Crippen LogP contribution in [0.1, 0.15) is 0 Å². The fraction of sp³-hybridized carbons (Fsp3) is 0. The van der Waals surface area contributed by atoms with E-state index in [-0.39, 0.29) is 34.3 Å². The zero-order valence-electron chi connectivity index (χ0n) is 5.14. The predicted molar refractivity (Wildman–Crippen MR) is 38.9 cm³/mol. The van der Waals surface area contributed by atoms with Gasteiger partial charge in [-0.1, -0.05) is 0 Å². The van der Waals surface area contributed by atoms with Crippen LogP contribution in [-0.4, -0.2) is 44.5 Å². The summed E-state index contributed by atoms with van der Waals surface area (Å²) in [5.41, 5.74) is -1.23. The zero-order chi connectivity index (χ0) is 6.85. The first-order valence-corrected chi connectivity index (χ1v) is 2.84. The summed E-state index contributed by atoms with van der Waals surface area (Å²) in [4.78, 5) is 28.0. The Morgan fingerprint density at radius 2 is 1.90 bits per heavy atom. The molecule has 1 aromatic rings. The molecule has 0 aliphatic rings. The number of aromatic amines is 2. The Labute approximate surface area is 85.7 Å². The van der Waals surface area contributed by atoms with Crippen LogP contribution in [-0.2, 0) is 0 Å². The molecule has 1 radical (unpaired) electrons. The summed E-state index contributed by atoms with van der Waals surface area (Å²) >= 11 is 2.83. The third-order valence-electron chi connectivity index (χ3n) is 0.637. The molecule has 7 heteroatoms. The first-order chi connectivity index (χ1) is 4.18. The minimum Gasteiger partial charge on any atom is -0.286 e. The predicted octanol–water partition coefficient (Wildman–Crippen LogP) is -1.16. The Bertz CT molecular complexity index is 290. The van der Waals surface area contributed by atoms with Crippen molar-refractivity contribution >= 4 is 45.5 Å². The van der Waals surface area contributed by atoms with Gasteiger partial charge in [0.2, 0.25) is 0 Å². The van der Waals surface area contributed by atoms with Crippen molar-refractivity contribution in [3.63, 3.8) is 0 Å². The van der Waals surface area contributed by atoms with Gasteiger partial charge in [-0.15, -0.1) is 0 Å². The molecule has 0 bridgehead atoms. The summed E-state index contributed by atoms with van der Waals surface area (Å²) in [6.45, 7) is 0. The third kappa shape index (κ3) is 2.78. The van der Waals surface area contributed by atoms with Gasteiger partial charge in [-0.2, -0.15) is 4.98 Å². The van der Waals surface area contributed by atoms with E-state index in [4.69, 9.17) is 0 Å². The van der Waals surface area contributed by atoms with Gasteiger partial charge in [0.05, 0.1) is 0 Å². The first-order valence-electron chi connectivity index (χ1n) is 2.04. The largest absolute Gasteiger partial charge is 0.351 e. The van der Waals surface area contributed by atoms with Crippen LogP contribution in [0.15, 0.2) is 14.3 Å². The second kappa shape index (κ2) is 4.07. The monoisotopic (exact) mass is 214 g/mol. The number of hydrogen-bond acceptors (Lipinski definition) is 3. The normalized spacial score (nSPS) is 8.50. The standard InChI is InChI=1S/C3H2BrN3O2.Na/c4-1-5-2(8)7-3(9)6-1;/h(H2,5,6,7,8,9);. The molecule has 0 saturated heterocycles. The van der Waals surface area contributed by atoms with E-state index >= 15 is 0 Å². The van der Waals surface area contributed by atoms with Crippen LogP contribution in [0, 0.1) is 0 Å². The molecule has 0 aliphatic heterocycles. The van der Waals surface area contributed by atoms with Gasteiger partial charge in [-0.3, -0.25) is 9.97 Å². The van der Waals surface area contributed by atoms with Crippen molar-refractivity contribution in [2.45, 2.75) is 0 Å². The fourth-order valence-electron chi connectivity index (χ4n) is 0.367. The van der Waals surface area contributed by atoms with Crippen molar-refractivity contribution in [3.05, 3.63) is 25.7 Å². The van der Waals surface area contributed by atoms with Gasteiger partial charge in [0.25, 0.3) is 0 Å². The quantitative estimate of drug-likeness (QED) is 0.535. The molecule has 5 nitrogen and oxygen atoms in total. The topological polar surface area (TPSA) is 78.6 Å². The Hall–Kier alpha value is 0.0900. The maximum Gasteiger partial charge on any atom is 0.351 e. The van der Waals surface area contributed by atoms with Gasteiger partial charge < -0.3 is 0 Å². The Morgan fingerprint density at radius 3 is 2.30 bits per heavy atom. The number of nitrogens with zero attached hydrogens (tertiary/aromatic N) is 1. The Kier molecular flexibility index (Phi) is 4.11. The van der Waals surface area contributed by atoms with Crippen LogP contribution in [0.4, 0.5) is 0 Å². The molecular weight excluding hydrogens is 213 g/mol. The summed E-state index contributed by atoms with van der Waals surface area (Å²) in [5.74, 6) is 0. The molecule has 0 saturated carbocycles. The molecular formula is C3H2BrN3NaO2. The van der Waals surface area contributed by atoms with Crippen molar-refractivity contribution in [1.82, 2.24) is 15.0 Å². The Balaban J connectivity index is 0.000000810. The molecule has 10 heavy (non-hydrogen) atoms. The van der Waals surface area contributed by atoms with Gasteiger partial charge in [-0.05, 0) is 15.9 Å². The molecule has 0 unspecified atom stereocenters. The van der Waals surface area contributed by atoms with E-state index in [0.29, 0.717) is 0 Å². The SMILES string of the molecule is O=c1nc(Br)[nH]c(=O)[nH]1.[Na]. The van der Waals surface area contributed by atoms with E-state index in [0.717, 1.165) is 0 Å². The average Bonchev–Trinajstić information content (AvgIpc) is 1.59. The van der Waals surface area contributed by atoms with Crippen molar-refractivity contribution in [2.24, 2.45) is 0 Å². The fourth-order valence-corrected chi connectivity index (χ4v) is 0.708. The van der Waals surface area contributed by atoms with Crippen molar-refractivity contribution < 1.29 is 0 Å². The summed E-state index contributed by atoms with van der Waals surface area (Å²) in [6, 6.07) is 0. The first kappa shape index (κ1) is 10.1. The van der Waals surface area contributed by atoms with E-state index in [2.05, 4.69) is 25.9 Å². The number of halogens is 1. The number of H-pyrrole nitrogens is 2. The van der Waals surface area contributed by atoms with Crippen LogP contribution in [0.25, 0.3) is 0 Å². The van der Waals surface area contributed by atoms with Gasteiger partial charge in [0.1, 0.15) is 0 Å². The van der Waals surface area contributed by atoms with Crippen molar-refractivity contribution in [2.75, 3.05) is 0 Å². The smallest absolute Gasteiger partial charge is 0.286 e. The molecule has 1 aromatic heterocycles. The molecule has 0 aromatic carbocycles. The van der Waals surface area contributed by atoms with Gasteiger partial charge in [0, 0.05) is 29.6 Å². The minimum atomic E-state index is -0.661. The van der Waals surface area contributed by atoms with E-state index in [9.17, 15) is 9.59 Å². The van der Waals surface area contributed by atoms with E-state index in [1.54, 1.807) is 0 Å². The van der Waals surface area contributed by atoms with Crippen molar-refractivity contribution in [3.8, 4) is 0 Å².